The average Bonchev–Trinajstić information content (AvgIpc) is 3.27. The summed E-state index contributed by atoms with van der Waals surface area (Å²) in [6.07, 6.45) is 4.03. The van der Waals surface area contributed by atoms with Crippen molar-refractivity contribution in [3.63, 3.8) is 0 Å². The lowest BCUT2D eigenvalue weighted by molar-refractivity contribution is -0.0358. The SMILES string of the molecule is O=C(NO)c1cc2ccc(S(=O)(=O)Nc3cc(F)cnc3N3CCC4OCCCC4C3)cc2o1. The molecule has 4 heterocycles. The molecule has 2 unspecified atom stereocenters. The van der Waals surface area contributed by atoms with Crippen molar-refractivity contribution in [2.24, 2.45) is 5.92 Å². The predicted octanol–water partition coefficient (Wildman–Crippen LogP) is 2.89. The molecule has 2 aliphatic rings. The number of pyridine rings is 1. The summed E-state index contributed by atoms with van der Waals surface area (Å²) in [4.78, 5) is 17.6. The van der Waals surface area contributed by atoms with E-state index in [1.807, 2.05) is 4.90 Å². The van der Waals surface area contributed by atoms with Crippen LogP contribution in [0.2, 0.25) is 0 Å². The second-order valence-corrected chi connectivity index (χ2v) is 10.1. The summed E-state index contributed by atoms with van der Waals surface area (Å²) in [5.74, 6) is -1.04. The summed E-state index contributed by atoms with van der Waals surface area (Å²) in [7, 11) is -4.14. The molecule has 34 heavy (non-hydrogen) atoms. The first-order valence-corrected chi connectivity index (χ1v) is 12.4. The van der Waals surface area contributed by atoms with E-state index in [2.05, 4.69) is 9.71 Å². The first-order chi connectivity index (χ1) is 16.3. The maximum absolute atomic E-state index is 14.1. The molecule has 180 valence electrons. The number of aromatic nitrogens is 1. The Hall–Kier alpha value is -3.22. The van der Waals surface area contributed by atoms with Gasteiger partial charge in [0.05, 0.1) is 22.9 Å². The minimum atomic E-state index is -4.14. The van der Waals surface area contributed by atoms with Gasteiger partial charge in [0, 0.05) is 43.1 Å². The second-order valence-electron chi connectivity index (χ2n) is 8.43. The van der Waals surface area contributed by atoms with Gasteiger partial charge in [0.1, 0.15) is 11.4 Å². The fourth-order valence-corrected chi connectivity index (χ4v) is 5.66. The number of carbonyl (C=O) groups is 1. The van der Waals surface area contributed by atoms with Gasteiger partial charge in [-0.2, -0.15) is 0 Å². The molecule has 2 aliphatic heterocycles. The van der Waals surface area contributed by atoms with Crippen LogP contribution in [0.5, 0.6) is 0 Å². The zero-order valence-corrected chi connectivity index (χ0v) is 18.8. The molecule has 0 bridgehead atoms. The maximum Gasteiger partial charge on any atom is 0.310 e. The van der Waals surface area contributed by atoms with Crippen LogP contribution in [0.1, 0.15) is 29.8 Å². The smallest absolute Gasteiger partial charge is 0.310 e. The van der Waals surface area contributed by atoms with Gasteiger partial charge in [-0.25, -0.2) is 23.3 Å². The van der Waals surface area contributed by atoms with E-state index < -0.39 is 21.7 Å². The van der Waals surface area contributed by atoms with Gasteiger partial charge in [-0.05, 0) is 37.5 Å². The Labute approximate surface area is 194 Å². The molecule has 2 atom stereocenters. The molecular weight excluding hydrogens is 467 g/mol. The lowest BCUT2D eigenvalue weighted by Gasteiger charge is -2.41. The summed E-state index contributed by atoms with van der Waals surface area (Å²) in [6, 6.07) is 6.55. The third-order valence-corrected chi connectivity index (χ3v) is 7.58. The Balaban J connectivity index is 1.43. The number of hydrogen-bond donors (Lipinski definition) is 3. The molecule has 0 saturated carbocycles. The number of ether oxygens (including phenoxy) is 1. The summed E-state index contributed by atoms with van der Waals surface area (Å²) < 4.78 is 54.0. The van der Waals surface area contributed by atoms with Gasteiger partial charge in [-0.3, -0.25) is 14.7 Å². The number of halogens is 1. The second kappa shape index (κ2) is 8.85. The van der Waals surface area contributed by atoms with Crippen LogP contribution in [0, 0.1) is 11.7 Å². The quantitative estimate of drug-likeness (QED) is 0.367. The van der Waals surface area contributed by atoms with E-state index in [0.717, 1.165) is 38.1 Å². The van der Waals surface area contributed by atoms with Crippen LogP contribution in [-0.2, 0) is 14.8 Å². The Morgan fingerprint density at radius 1 is 1.24 bits per heavy atom. The van der Waals surface area contributed by atoms with Gasteiger partial charge in [0.15, 0.2) is 11.6 Å². The van der Waals surface area contributed by atoms with Crippen molar-refractivity contribution in [2.75, 3.05) is 29.3 Å². The molecule has 3 N–H and O–H groups in total. The molecule has 0 aliphatic carbocycles. The Morgan fingerprint density at radius 3 is 2.91 bits per heavy atom. The van der Waals surface area contributed by atoms with Crippen molar-refractivity contribution in [2.45, 2.75) is 30.3 Å². The minimum absolute atomic E-state index is 0.0371. The van der Waals surface area contributed by atoms with Crippen molar-refractivity contribution in [3.8, 4) is 0 Å². The van der Waals surface area contributed by atoms with Crippen molar-refractivity contribution in [3.05, 3.63) is 48.1 Å². The van der Waals surface area contributed by atoms with Crippen LogP contribution < -0.4 is 15.1 Å². The van der Waals surface area contributed by atoms with Gasteiger partial charge in [-0.1, -0.05) is 0 Å². The Bertz CT molecular complexity index is 1340. The Kier molecular flexibility index (Phi) is 5.88. The highest BCUT2D eigenvalue weighted by Crippen LogP contribution is 2.34. The van der Waals surface area contributed by atoms with Gasteiger partial charge in [0.25, 0.3) is 10.0 Å². The third-order valence-electron chi connectivity index (χ3n) is 6.22. The van der Waals surface area contributed by atoms with E-state index in [4.69, 9.17) is 14.4 Å². The molecular formula is C22H23FN4O6S. The van der Waals surface area contributed by atoms with Gasteiger partial charge in [-0.15, -0.1) is 0 Å². The van der Waals surface area contributed by atoms with Crippen molar-refractivity contribution in [1.82, 2.24) is 10.5 Å². The summed E-state index contributed by atoms with van der Waals surface area (Å²) in [5.41, 5.74) is 1.64. The largest absolute Gasteiger partial charge is 0.451 e. The number of nitrogens with zero attached hydrogens (tertiary/aromatic N) is 2. The summed E-state index contributed by atoms with van der Waals surface area (Å²) >= 11 is 0. The molecule has 1 aromatic carbocycles. The van der Waals surface area contributed by atoms with E-state index >= 15 is 0 Å². The first-order valence-electron chi connectivity index (χ1n) is 10.9. The summed E-state index contributed by atoms with van der Waals surface area (Å²) in [5, 5.41) is 9.24. The molecule has 0 spiro atoms. The normalized spacial score (nSPS) is 20.7. The van der Waals surface area contributed by atoms with Crippen LogP contribution in [0.25, 0.3) is 11.0 Å². The molecule has 1 amide bonds. The van der Waals surface area contributed by atoms with E-state index in [1.54, 1.807) is 0 Å². The highest BCUT2D eigenvalue weighted by Gasteiger charge is 2.34. The molecule has 3 aromatic rings. The van der Waals surface area contributed by atoms with Gasteiger partial charge >= 0.3 is 5.91 Å². The van der Waals surface area contributed by atoms with Crippen LogP contribution in [0.15, 0.2) is 45.8 Å². The number of nitrogens with one attached hydrogen (secondary N) is 2. The lowest BCUT2D eigenvalue weighted by Crippen LogP contribution is -2.46. The van der Waals surface area contributed by atoms with Crippen molar-refractivity contribution >= 4 is 38.4 Å². The van der Waals surface area contributed by atoms with Gasteiger partial charge in [0.2, 0.25) is 0 Å². The zero-order valence-electron chi connectivity index (χ0n) is 18.0. The predicted molar refractivity (Wildman–Crippen MR) is 120 cm³/mol. The molecule has 5 rings (SSSR count). The van der Waals surface area contributed by atoms with Crippen LogP contribution in [0.4, 0.5) is 15.9 Å². The number of anilines is 2. The fourth-order valence-electron chi connectivity index (χ4n) is 4.59. The highest BCUT2D eigenvalue weighted by atomic mass is 32.2. The Morgan fingerprint density at radius 2 is 2.09 bits per heavy atom. The number of benzene rings is 1. The molecule has 2 fully saturated rings. The maximum atomic E-state index is 14.1. The number of piperidine rings is 1. The molecule has 2 aromatic heterocycles. The van der Waals surface area contributed by atoms with Crippen LogP contribution >= 0.6 is 0 Å². The van der Waals surface area contributed by atoms with Gasteiger partial charge < -0.3 is 14.1 Å². The number of fused-ring (bicyclic) bond motifs is 2. The number of sulfonamides is 1. The number of rotatable bonds is 5. The number of hydroxylamine groups is 1. The first kappa shape index (κ1) is 22.6. The van der Waals surface area contributed by atoms with Crippen LogP contribution in [0.3, 0.4) is 0 Å². The molecule has 0 radical (unpaired) electrons. The third kappa shape index (κ3) is 4.31. The molecule has 10 nitrogen and oxygen atoms in total. The lowest BCUT2D eigenvalue weighted by atomic mass is 9.88. The van der Waals surface area contributed by atoms with E-state index in [1.165, 1.54) is 29.7 Å². The number of furan rings is 1. The summed E-state index contributed by atoms with van der Waals surface area (Å²) in [6.45, 7) is 2.02. The monoisotopic (exact) mass is 490 g/mol. The number of hydrogen-bond acceptors (Lipinski definition) is 8. The molecule has 12 heteroatoms. The topological polar surface area (TPSA) is 134 Å². The van der Waals surface area contributed by atoms with Crippen LogP contribution in [-0.4, -0.2) is 50.3 Å². The van der Waals surface area contributed by atoms with Crippen molar-refractivity contribution < 1.29 is 32.0 Å². The number of carbonyl (C=O) groups excluding carboxylic acids is 1. The van der Waals surface area contributed by atoms with E-state index in [9.17, 15) is 17.6 Å². The average molecular weight is 491 g/mol. The standard InChI is InChI=1S/C22H23FN4O6S/c23-15-9-17(21(24-11-15)27-6-5-18-14(12-27)2-1-7-32-18)26-34(30,31)16-4-3-13-8-20(22(28)25-29)33-19(13)10-16/h3-4,8-11,14,18,26,29H,1-2,5-7,12H2,(H,25,28). The zero-order chi connectivity index (χ0) is 23.9. The van der Waals surface area contributed by atoms with E-state index in [-0.39, 0.29) is 28.0 Å². The molecule has 2 saturated heterocycles. The van der Waals surface area contributed by atoms with Crippen molar-refractivity contribution in [1.29, 1.82) is 0 Å². The fraction of sp³-hybridized carbons (Fsp3) is 0.364. The number of amides is 1. The van der Waals surface area contributed by atoms with E-state index in [0.29, 0.717) is 30.2 Å². The minimum Gasteiger partial charge on any atom is -0.451 e. The highest BCUT2D eigenvalue weighted by molar-refractivity contribution is 7.92.